The zero-order chi connectivity index (χ0) is 20.1. The maximum absolute atomic E-state index is 12.2. The molecule has 0 aliphatic heterocycles. The molecule has 0 saturated heterocycles. The topological polar surface area (TPSA) is 81.4 Å². The first-order valence-electron chi connectivity index (χ1n) is 8.97. The fourth-order valence-corrected chi connectivity index (χ4v) is 2.60. The van der Waals surface area contributed by atoms with Gasteiger partial charge in [-0.25, -0.2) is 4.98 Å². The zero-order valence-corrected chi connectivity index (χ0v) is 16.1. The summed E-state index contributed by atoms with van der Waals surface area (Å²) in [6.07, 6.45) is 0. The van der Waals surface area contributed by atoms with Gasteiger partial charge in [-0.1, -0.05) is 24.3 Å². The van der Waals surface area contributed by atoms with Crippen molar-refractivity contribution in [1.82, 2.24) is 10.3 Å². The van der Waals surface area contributed by atoms with Crippen LogP contribution in [0.4, 0.5) is 0 Å². The van der Waals surface area contributed by atoms with Gasteiger partial charge in [-0.15, -0.1) is 0 Å². The maximum atomic E-state index is 12.2. The van der Waals surface area contributed by atoms with Crippen LogP contribution in [-0.4, -0.2) is 23.4 Å². The van der Waals surface area contributed by atoms with Crippen LogP contribution in [0.5, 0.6) is 0 Å². The number of hydrogen-bond donors (Lipinski definition) is 1. The lowest BCUT2D eigenvalue weighted by Crippen LogP contribution is -2.30. The number of amides is 1. The highest BCUT2D eigenvalue weighted by Gasteiger charge is 2.14. The quantitative estimate of drug-likeness (QED) is 0.661. The molecule has 1 N–H and O–H groups in total. The number of aryl methyl sites for hydroxylation is 3. The molecule has 0 atom stereocenters. The summed E-state index contributed by atoms with van der Waals surface area (Å²) in [7, 11) is 0. The van der Waals surface area contributed by atoms with Crippen LogP contribution < -0.4 is 5.32 Å². The van der Waals surface area contributed by atoms with Gasteiger partial charge in [0, 0.05) is 11.1 Å². The molecule has 28 heavy (non-hydrogen) atoms. The summed E-state index contributed by atoms with van der Waals surface area (Å²) in [5, 5.41) is 2.57. The summed E-state index contributed by atoms with van der Waals surface area (Å²) in [6, 6.07) is 14.9. The van der Waals surface area contributed by atoms with Gasteiger partial charge in [0.25, 0.3) is 5.91 Å². The van der Waals surface area contributed by atoms with Gasteiger partial charge in [0.15, 0.2) is 0 Å². The lowest BCUT2D eigenvalue weighted by atomic mass is 10.1. The van der Waals surface area contributed by atoms with E-state index in [1.807, 2.05) is 50.2 Å². The van der Waals surface area contributed by atoms with E-state index in [4.69, 9.17) is 9.15 Å². The number of ether oxygens (including phenoxy) is 1. The molecule has 0 saturated carbocycles. The molecular formula is C22H22N2O4. The molecule has 144 valence electrons. The number of benzene rings is 2. The molecule has 1 aromatic heterocycles. The minimum Gasteiger partial charge on any atom is -0.458 e. The number of esters is 1. The minimum absolute atomic E-state index is 0.0134. The van der Waals surface area contributed by atoms with Crippen LogP contribution in [-0.2, 0) is 16.1 Å². The second kappa shape index (κ2) is 8.52. The molecule has 0 spiro atoms. The Bertz CT molecular complexity index is 993. The Balaban J connectivity index is 1.52. The normalized spacial score (nSPS) is 10.5. The number of hydrogen-bond acceptors (Lipinski definition) is 5. The fourth-order valence-electron chi connectivity index (χ4n) is 2.60. The number of nitrogens with one attached hydrogen (secondary N) is 1. The average Bonchev–Trinajstić information content (AvgIpc) is 3.08. The van der Waals surface area contributed by atoms with Gasteiger partial charge in [-0.05, 0) is 56.2 Å². The van der Waals surface area contributed by atoms with Gasteiger partial charge in [0.05, 0.1) is 0 Å². The van der Waals surface area contributed by atoms with Gasteiger partial charge in [0.2, 0.25) is 5.89 Å². The molecule has 1 heterocycles. The first-order chi connectivity index (χ1) is 13.4. The molecule has 1 amide bonds. The number of aromatic nitrogens is 1. The van der Waals surface area contributed by atoms with E-state index < -0.39 is 5.97 Å². The molecule has 0 bridgehead atoms. The first kappa shape index (κ1) is 19.4. The lowest BCUT2D eigenvalue weighted by Gasteiger charge is -2.07. The highest BCUT2D eigenvalue weighted by atomic mass is 16.5. The summed E-state index contributed by atoms with van der Waals surface area (Å²) < 4.78 is 10.8. The smallest absolute Gasteiger partial charge is 0.325 e. The molecule has 0 aliphatic rings. The maximum Gasteiger partial charge on any atom is 0.325 e. The number of carbonyl (C=O) groups is 2. The van der Waals surface area contributed by atoms with Crippen molar-refractivity contribution in [2.75, 3.05) is 6.54 Å². The largest absolute Gasteiger partial charge is 0.458 e. The Morgan fingerprint density at radius 2 is 1.79 bits per heavy atom. The van der Waals surface area contributed by atoms with E-state index in [9.17, 15) is 9.59 Å². The second-order valence-corrected chi connectivity index (χ2v) is 6.53. The zero-order valence-electron chi connectivity index (χ0n) is 16.1. The van der Waals surface area contributed by atoms with Gasteiger partial charge < -0.3 is 14.5 Å². The SMILES string of the molecule is Cc1ccc(C(=O)NCC(=O)OCc2nc(-c3ccccc3)oc2C)cc1C. The Kier molecular flexibility index (Phi) is 5.89. The number of nitrogens with zero attached hydrogens (tertiary/aromatic N) is 1. The Hall–Kier alpha value is -3.41. The molecule has 6 nitrogen and oxygen atoms in total. The van der Waals surface area contributed by atoms with E-state index in [-0.39, 0.29) is 19.1 Å². The predicted octanol–water partition coefficient (Wildman–Crippen LogP) is 3.74. The number of oxazole rings is 1. The van der Waals surface area contributed by atoms with E-state index in [2.05, 4.69) is 10.3 Å². The number of carbonyl (C=O) groups excluding carboxylic acids is 2. The van der Waals surface area contributed by atoms with Gasteiger partial charge >= 0.3 is 5.97 Å². The van der Waals surface area contributed by atoms with Crippen molar-refractivity contribution in [2.24, 2.45) is 0 Å². The van der Waals surface area contributed by atoms with Crippen LogP contribution in [0, 0.1) is 20.8 Å². The van der Waals surface area contributed by atoms with Crippen molar-refractivity contribution >= 4 is 11.9 Å². The molecule has 0 radical (unpaired) electrons. The highest BCUT2D eigenvalue weighted by Crippen LogP contribution is 2.21. The molecule has 2 aromatic carbocycles. The van der Waals surface area contributed by atoms with Crippen LogP contribution in [0.3, 0.4) is 0 Å². The Morgan fingerprint density at radius 3 is 2.50 bits per heavy atom. The third kappa shape index (κ3) is 4.65. The summed E-state index contributed by atoms with van der Waals surface area (Å²) in [5.41, 5.74) is 4.03. The number of rotatable bonds is 6. The summed E-state index contributed by atoms with van der Waals surface area (Å²) in [4.78, 5) is 28.5. The van der Waals surface area contributed by atoms with Gasteiger partial charge in [-0.2, -0.15) is 0 Å². The van der Waals surface area contributed by atoms with E-state index in [1.54, 1.807) is 19.1 Å². The summed E-state index contributed by atoms with van der Waals surface area (Å²) in [6.45, 7) is 5.45. The van der Waals surface area contributed by atoms with Crippen molar-refractivity contribution < 1.29 is 18.7 Å². The molecule has 0 fully saturated rings. The summed E-state index contributed by atoms with van der Waals surface area (Å²) in [5.74, 6) is 0.211. The third-order valence-electron chi connectivity index (χ3n) is 4.45. The Morgan fingerprint density at radius 1 is 1.04 bits per heavy atom. The molecule has 3 rings (SSSR count). The molecule has 0 aliphatic carbocycles. The van der Waals surface area contributed by atoms with Crippen molar-refractivity contribution in [1.29, 1.82) is 0 Å². The first-order valence-corrected chi connectivity index (χ1v) is 8.97. The molecule has 0 unspecified atom stereocenters. The van der Waals surface area contributed by atoms with Gasteiger partial charge in [0.1, 0.15) is 24.6 Å². The average molecular weight is 378 g/mol. The van der Waals surface area contributed by atoms with E-state index in [1.165, 1.54) is 0 Å². The standard InChI is InChI=1S/C22H22N2O4/c1-14-9-10-18(11-15(14)2)21(26)23-12-20(25)27-13-19-16(3)28-22(24-19)17-7-5-4-6-8-17/h4-11H,12-13H2,1-3H3,(H,23,26). The highest BCUT2D eigenvalue weighted by molar-refractivity contribution is 5.96. The van der Waals surface area contributed by atoms with Crippen LogP contribution in [0.25, 0.3) is 11.5 Å². The monoisotopic (exact) mass is 378 g/mol. The van der Waals surface area contributed by atoms with E-state index in [0.29, 0.717) is 22.9 Å². The molecule has 6 heteroatoms. The Labute approximate surface area is 163 Å². The van der Waals surface area contributed by atoms with Crippen molar-refractivity contribution in [3.05, 3.63) is 76.7 Å². The van der Waals surface area contributed by atoms with Crippen LogP contribution in [0.2, 0.25) is 0 Å². The second-order valence-electron chi connectivity index (χ2n) is 6.53. The van der Waals surface area contributed by atoms with E-state index >= 15 is 0 Å². The molecule has 3 aromatic rings. The minimum atomic E-state index is -0.541. The summed E-state index contributed by atoms with van der Waals surface area (Å²) >= 11 is 0. The third-order valence-corrected chi connectivity index (χ3v) is 4.45. The fraction of sp³-hybridized carbons (Fsp3) is 0.227. The predicted molar refractivity (Wildman–Crippen MR) is 105 cm³/mol. The van der Waals surface area contributed by atoms with Crippen molar-refractivity contribution in [3.8, 4) is 11.5 Å². The van der Waals surface area contributed by atoms with Crippen LogP contribution in [0.1, 0.15) is 32.9 Å². The van der Waals surface area contributed by atoms with Gasteiger partial charge in [-0.3, -0.25) is 9.59 Å². The van der Waals surface area contributed by atoms with E-state index in [0.717, 1.165) is 16.7 Å². The van der Waals surface area contributed by atoms with Crippen LogP contribution >= 0.6 is 0 Å². The van der Waals surface area contributed by atoms with Crippen molar-refractivity contribution in [3.63, 3.8) is 0 Å². The molecular weight excluding hydrogens is 356 g/mol. The lowest BCUT2D eigenvalue weighted by molar-refractivity contribution is -0.143. The van der Waals surface area contributed by atoms with Crippen molar-refractivity contribution in [2.45, 2.75) is 27.4 Å². The van der Waals surface area contributed by atoms with Crippen LogP contribution in [0.15, 0.2) is 52.9 Å².